The van der Waals surface area contributed by atoms with Crippen LogP contribution in [0.5, 0.6) is 5.75 Å². The maximum absolute atomic E-state index is 12.3. The molecule has 0 atom stereocenters. The van der Waals surface area contributed by atoms with Crippen molar-refractivity contribution in [2.24, 2.45) is 11.8 Å². The van der Waals surface area contributed by atoms with Crippen LogP contribution in [-0.4, -0.2) is 11.7 Å². The SMILES string of the molecule is CCCCCCCC1CCC(C(=O)Oc2ccc(SC(F)F)cc2)CC1. The molecule has 0 amide bonds. The van der Waals surface area contributed by atoms with Crippen LogP contribution in [0.1, 0.15) is 71.1 Å². The van der Waals surface area contributed by atoms with E-state index < -0.39 is 5.76 Å². The van der Waals surface area contributed by atoms with Crippen LogP contribution < -0.4 is 4.74 Å². The van der Waals surface area contributed by atoms with Crippen molar-refractivity contribution in [2.45, 2.75) is 81.8 Å². The number of esters is 1. The van der Waals surface area contributed by atoms with Crippen LogP contribution in [0, 0.1) is 11.8 Å². The van der Waals surface area contributed by atoms with E-state index in [-0.39, 0.29) is 11.9 Å². The van der Waals surface area contributed by atoms with Gasteiger partial charge in [-0.25, -0.2) is 0 Å². The van der Waals surface area contributed by atoms with E-state index >= 15 is 0 Å². The van der Waals surface area contributed by atoms with Crippen LogP contribution in [0.25, 0.3) is 0 Å². The molecule has 0 bridgehead atoms. The van der Waals surface area contributed by atoms with Crippen LogP contribution in [0.4, 0.5) is 8.78 Å². The molecule has 1 aliphatic carbocycles. The van der Waals surface area contributed by atoms with Crippen LogP contribution in [0.3, 0.4) is 0 Å². The van der Waals surface area contributed by atoms with Gasteiger partial charge in [-0.1, -0.05) is 57.2 Å². The second-order valence-electron chi connectivity index (χ2n) is 7.19. The zero-order chi connectivity index (χ0) is 18.8. The minimum atomic E-state index is -2.44. The third kappa shape index (κ3) is 7.65. The van der Waals surface area contributed by atoms with E-state index in [1.807, 2.05) is 0 Å². The van der Waals surface area contributed by atoms with Crippen molar-refractivity contribution in [1.82, 2.24) is 0 Å². The van der Waals surface area contributed by atoms with Crippen molar-refractivity contribution in [3.63, 3.8) is 0 Å². The van der Waals surface area contributed by atoms with Crippen molar-refractivity contribution >= 4 is 17.7 Å². The highest BCUT2D eigenvalue weighted by molar-refractivity contribution is 7.99. The van der Waals surface area contributed by atoms with Gasteiger partial charge in [-0.05, 0) is 55.9 Å². The molecule has 1 aromatic rings. The Labute approximate surface area is 160 Å². The molecule has 0 heterocycles. The normalized spacial score (nSPS) is 20.3. The van der Waals surface area contributed by atoms with E-state index in [0.29, 0.717) is 22.4 Å². The molecule has 1 aromatic carbocycles. The number of carbonyl (C=O) groups is 1. The number of benzene rings is 1. The lowest BCUT2D eigenvalue weighted by molar-refractivity contribution is -0.140. The summed E-state index contributed by atoms with van der Waals surface area (Å²) in [6.07, 6.45) is 11.9. The Balaban J connectivity index is 1.68. The molecule has 2 nitrogen and oxygen atoms in total. The highest BCUT2D eigenvalue weighted by Gasteiger charge is 2.27. The first-order valence-corrected chi connectivity index (χ1v) is 10.7. The number of rotatable bonds is 10. The monoisotopic (exact) mass is 384 g/mol. The molecule has 0 N–H and O–H groups in total. The lowest BCUT2D eigenvalue weighted by Crippen LogP contribution is -2.25. The highest BCUT2D eigenvalue weighted by atomic mass is 32.2. The number of unbranched alkanes of at least 4 members (excludes halogenated alkanes) is 4. The van der Waals surface area contributed by atoms with Crippen LogP contribution in [0.2, 0.25) is 0 Å². The summed E-state index contributed by atoms with van der Waals surface area (Å²) in [5.41, 5.74) is 0. The van der Waals surface area contributed by atoms with Gasteiger partial charge in [0.25, 0.3) is 5.76 Å². The first-order valence-electron chi connectivity index (χ1n) is 9.85. The van der Waals surface area contributed by atoms with E-state index in [1.165, 1.54) is 38.5 Å². The molecule has 5 heteroatoms. The number of hydrogen-bond donors (Lipinski definition) is 0. The Morgan fingerprint density at radius 3 is 2.35 bits per heavy atom. The minimum absolute atomic E-state index is 0.0264. The fourth-order valence-electron chi connectivity index (χ4n) is 3.61. The van der Waals surface area contributed by atoms with Crippen molar-refractivity contribution in [1.29, 1.82) is 0 Å². The summed E-state index contributed by atoms with van der Waals surface area (Å²) in [5.74, 6) is -1.45. The van der Waals surface area contributed by atoms with Crippen molar-refractivity contribution < 1.29 is 18.3 Å². The largest absolute Gasteiger partial charge is 0.426 e. The predicted octanol–water partition coefficient (Wildman–Crippen LogP) is 7.07. The van der Waals surface area contributed by atoms with Gasteiger partial charge in [-0.15, -0.1) is 0 Å². The van der Waals surface area contributed by atoms with E-state index in [9.17, 15) is 13.6 Å². The van der Waals surface area contributed by atoms with Crippen LogP contribution >= 0.6 is 11.8 Å². The summed E-state index contributed by atoms with van der Waals surface area (Å²) in [6.45, 7) is 2.23. The number of carbonyl (C=O) groups excluding carboxylic acids is 1. The molecule has 0 saturated heterocycles. The first-order chi connectivity index (χ1) is 12.6. The molecule has 1 aliphatic rings. The third-order valence-electron chi connectivity index (χ3n) is 5.16. The van der Waals surface area contributed by atoms with Gasteiger partial charge in [-0.3, -0.25) is 4.79 Å². The average molecular weight is 385 g/mol. The second-order valence-corrected chi connectivity index (χ2v) is 8.25. The fraction of sp³-hybridized carbons (Fsp3) is 0.667. The third-order valence-corrected chi connectivity index (χ3v) is 5.89. The van der Waals surface area contributed by atoms with E-state index in [4.69, 9.17) is 4.74 Å². The zero-order valence-corrected chi connectivity index (χ0v) is 16.4. The van der Waals surface area contributed by atoms with Gasteiger partial charge < -0.3 is 4.74 Å². The summed E-state index contributed by atoms with van der Waals surface area (Å²) in [7, 11) is 0. The quantitative estimate of drug-likeness (QED) is 0.187. The topological polar surface area (TPSA) is 26.3 Å². The molecule has 1 fully saturated rings. The number of halogens is 2. The maximum atomic E-state index is 12.3. The van der Waals surface area contributed by atoms with Gasteiger partial charge in [0.15, 0.2) is 0 Å². The number of alkyl halides is 2. The Morgan fingerprint density at radius 1 is 1.08 bits per heavy atom. The van der Waals surface area contributed by atoms with E-state index in [0.717, 1.165) is 31.6 Å². The fourth-order valence-corrected chi connectivity index (χ4v) is 4.11. The predicted molar refractivity (Wildman–Crippen MR) is 103 cm³/mol. The summed E-state index contributed by atoms with van der Waals surface area (Å²) >= 11 is 0.491. The highest BCUT2D eigenvalue weighted by Crippen LogP contribution is 2.33. The molecule has 0 aromatic heterocycles. The first kappa shape index (κ1) is 21.2. The summed E-state index contributed by atoms with van der Waals surface area (Å²) in [5, 5.41) is 0. The van der Waals surface area contributed by atoms with Gasteiger partial charge in [0.05, 0.1) is 5.92 Å². The second kappa shape index (κ2) is 11.6. The summed E-state index contributed by atoms with van der Waals surface area (Å²) in [6, 6.07) is 6.30. The number of hydrogen-bond acceptors (Lipinski definition) is 3. The molecule has 1 saturated carbocycles. The average Bonchev–Trinajstić information content (AvgIpc) is 2.63. The minimum Gasteiger partial charge on any atom is -0.426 e. The molecule has 2 rings (SSSR count). The van der Waals surface area contributed by atoms with Crippen LogP contribution in [0.15, 0.2) is 29.2 Å². The summed E-state index contributed by atoms with van der Waals surface area (Å²) < 4.78 is 30.1. The van der Waals surface area contributed by atoms with Gasteiger partial charge in [0.2, 0.25) is 0 Å². The molecule has 0 radical (unpaired) electrons. The standard InChI is InChI=1S/C21H30F2O2S/c1-2-3-4-5-6-7-16-8-10-17(11-9-16)20(24)25-18-12-14-19(15-13-18)26-21(22)23/h12-17,21H,2-11H2,1H3. The molecule has 26 heavy (non-hydrogen) atoms. The molecular formula is C21H30F2O2S. The Bertz CT molecular complexity index is 525. The number of thioether (sulfide) groups is 1. The van der Waals surface area contributed by atoms with Gasteiger partial charge in [0.1, 0.15) is 5.75 Å². The van der Waals surface area contributed by atoms with E-state index in [1.54, 1.807) is 24.3 Å². The molecule has 146 valence electrons. The molecule has 0 spiro atoms. The van der Waals surface area contributed by atoms with Gasteiger partial charge in [-0.2, -0.15) is 8.78 Å². The van der Waals surface area contributed by atoms with Crippen molar-refractivity contribution in [2.75, 3.05) is 0 Å². The van der Waals surface area contributed by atoms with Crippen LogP contribution in [-0.2, 0) is 4.79 Å². The van der Waals surface area contributed by atoms with Gasteiger partial charge in [0, 0.05) is 4.90 Å². The van der Waals surface area contributed by atoms with Crippen molar-refractivity contribution in [3.05, 3.63) is 24.3 Å². The van der Waals surface area contributed by atoms with E-state index in [2.05, 4.69) is 6.92 Å². The lowest BCUT2D eigenvalue weighted by atomic mass is 9.80. The lowest BCUT2D eigenvalue weighted by Gasteiger charge is -2.27. The zero-order valence-electron chi connectivity index (χ0n) is 15.6. The maximum Gasteiger partial charge on any atom is 0.314 e. The Hall–Kier alpha value is -1.10. The molecule has 0 unspecified atom stereocenters. The molecular weight excluding hydrogens is 354 g/mol. The van der Waals surface area contributed by atoms with Gasteiger partial charge >= 0.3 is 5.97 Å². The molecule has 0 aliphatic heterocycles. The summed E-state index contributed by atoms with van der Waals surface area (Å²) in [4.78, 5) is 12.8. The Kier molecular flexibility index (Phi) is 9.44. The smallest absolute Gasteiger partial charge is 0.314 e. The van der Waals surface area contributed by atoms with Crippen molar-refractivity contribution in [3.8, 4) is 5.75 Å². The number of ether oxygens (including phenoxy) is 1. The Morgan fingerprint density at radius 2 is 1.73 bits per heavy atom.